The summed E-state index contributed by atoms with van der Waals surface area (Å²) in [5.41, 5.74) is 0. The molecule has 0 fully saturated rings. The average Bonchev–Trinajstić information content (AvgIpc) is 2.15. The van der Waals surface area contributed by atoms with Gasteiger partial charge in [-0.1, -0.05) is 19.1 Å². The van der Waals surface area contributed by atoms with Crippen LogP contribution in [0.1, 0.15) is 13.8 Å². The van der Waals surface area contributed by atoms with Crippen molar-refractivity contribution in [2.75, 3.05) is 0 Å². The van der Waals surface area contributed by atoms with Crippen molar-refractivity contribution >= 4 is 0 Å². The summed E-state index contributed by atoms with van der Waals surface area (Å²) in [6, 6.07) is 0. The van der Waals surface area contributed by atoms with Crippen molar-refractivity contribution in [2.24, 2.45) is 5.92 Å². The van der Waals surface area contributed by atoms with Gasteiger partial charge in [-0.05, 0) is 5.92 Å². The van der Waals surface area contributed by atoms with Crippen LogP contribution < -0.4 is 0 Å². The molecule has 0 aromatic carbocycles. The molecule has 3 nitrogen and oxygen atoms in total. The summed E-state index contributed by atoms with van der Waals surface area (Å²) in [6.45, 7) is 5.21. The first-order valence-corrected chi connectivity index (χ1v) is 3.05. The van der Waals surface area contributed by atoms with E-state index in [1.807, 2.05) is 0 Å². The Hall–Kier alpha value is -0.860. The highest BCUT2D eigenvalue weighted by Crippen LogP contribution is 1.94. The van der Waals surface area contributed by atoms with Crippen molar-refractivity contribution in [3.05, 3.63) is 12.4 Å². The predicted molar refractivity (Wildman–Crippen MR) is 33.7 cm³/mol. The Labute approximate surface area is 54.7 Å². The van der Waals surface area contributed by atoms with Gasteiger partial charge in [0, 0.05) is 6.54 Å². The van der Waals surface area contributed by atoms with Crippen molar-refractivity contribution in [2.45, 2.75) is 20.4 Å². The fourth-order valence-corrected chi connectivity index (χ4v) is 0.665. The summed E-state index contributed by atoms with van der Waals surface area (Å²) in [5, 5.41) is 7.33. The zero-order chi connectivity index (χ0) is 6.69. The summed E-state index contributed by atoms with van der Waals surface area (Å²) in [6.07, 6.45) is 4.39. The van der Waals surface area contributed by atoms with Crippen molar-refractivity contribution in [1.29, 1.82) is 0 Å². The summed E-state index contributed by atoms with van der Waals surface area (Å²) < 4.78 is 1.78. The van der Waals surface area contributed by atoms with Gasteiger partial charge in [0.2, 0.25) is 0 Å². The third-order valence-corrected chi connectivity index (χ3v) is 0.976. The van der Waals surface area contributed by atoms with Crippen LogP contribution in [0.2, 0.25) is 0 Å². The molecule has 1 aromatic rings. The molecule has 9 heavy (non-hydrogen) atoms. The number of rotatable bonds is 2. The van der Waals surface area contributed by atoms with Gasteiger partial charge in [-0.3, -0.25) is 4.68 Å². The molecule has 0 bridgehead atoms. The summed E-state index contributed by atoms with van der Waals surface area (Å²) in [7, 11) is 0. The normalized spacial score (nSPS) is 10.6. The standard InChI is InChI=1S/C6H10N3/c1-6(2)5-9-4-3-7-8-9/h4,6H,5H2,1-2H3. The Bertz CT molecular complexity index is 155. The zero-order valence-electron chi connectivity index (χ0n) is 5.70. The molecule has 0 N–H and O–H groups in total. The smallest absolute Gasteiger partial charge is 0.134 e. The zero-order valence-corrected chi connectivity index (χ0v) is 5.70. The van der Waals surface area contributed by atoms with Crippen LogP contribution in [-0.2, 0) is 6.54 Å². The molecule has 0 saturated carbocycles. The monoisotopic (exact) mass is 124 g/mol. The Kier molecular flexibility index (Phi) is 1.82. The minimum atomic E-state index is 0.625. The van der Waals surface area contributed by atoms with E-state index in [-0.39, 0.29) is 0 Å². The summed E-state index contributed by atoms with van der Waals surface area (Å²) >= 11 is 0. The number of hydrogen-bond acceptors (Lipinski definition) is 2. The highest BCUT2D eigenvalue weighted by atomic mass is 15.4. The van der Waals surface area contributed by atoms with E-state index in [9.17, 15) is 0 Å². The molecule has 0 atom stereocenters. The first kappa shape index (κ1) is 6.26. The fraction of sp³-hybridized carbons (Fsp3) is 0.667. The van der Waals surface area contributed by atoms with Crippen LogP contribution in [0.4, 0.5) is 0 Å². The van der Waals surface area contributed by atoms with Gasteiger partial charge < -0.3 is 0 Å². The molecule has 0 aliphatic rings. The molecule has 0 spiro atoms. The molecule has 3 heteroatoms. The van der Waals surface area contributed by atoms with E-state index in [1.54, 1.807) is 10.9 Å². The molecule has 0 aliphatic carbocycles. The Morgan fingerprint density at radius 1 is 1.67 bits per heavy atom. The van der Waals surface area contributed by atoms with E-state index in [4.69, 9.17) is 0 Å². The Balaban J connectivity index is 2.48. The second kappa shape index (κ2) is 2.62. The van der Waals surface area contributed by atoms with Gasteiger partial charge in [0.15, 0.2) is 0 Å². The molecule has 0 saturated heterocycles. The Morgan fingerprint density at radius 2 is 2.44 bits per heavy atom. The molecule has 49 valence electrons. The fourth-order valence-electron chi connectivity index (χ4n) is 0.665. The van der Waals surface area contributed by atoms with Gasteiger partial charge in [0.05, 0.1) is 6.20 Å². The van der Waals surface area contributed by atoms with E-state index >= 15 is 0 Å². The van der Waals surface area contributed by atoms with Crippen LogP contribution in [0.3, 0.4) is 0 Å². The molecule has 1 rings (SSSR count). The minimum absolute atomic E-state index is 0.625. The topological polar surface area (TPSA) is 30.7 Å². The van der Waals surface area contributed by atoms with Gasteiger partial charge >= 0.3 is 0 Å². The molecular formula is C6H10N3. The molecule has 1 aromatic heterocycles. The highest BCUT2D eigenvalue weighted by Gasteiger charge is 1.94. The van der Waals surface area contributed by atoms with Gasteiger partial charge in [-0.25, -0.2) is 0 Å². The maximum atomic E-state index is 3.77. The lowest BCUT2D eigenvalue weighted by Gasteiger charge is -2.01. The molecule has 0 unspecified atom stereocenters. The summed E-state index contributed by atoms with van der Waals surface area (Å²) in [4.78, 5) is 0. The first-order chi connectivity index (χ1) is 4.29. The quantitative estimate of drug-likeness (QED) is 0.582. The first-order valence-electron chi connectivity index (χ1n) is 3.05. The highest BCUT2D eigenvalue weighted by molar-refractivity contribution is 4.61. The molecule has 1 heterocycles. The molecule has 0 amide bonds. The Morgan fingerprint density at radius 3 is 2.89 bits per heavy atom. The lowest BCUT2D eigenvalue weighted by molar-refractivity contribution is 0.472. The average molecular weight is 124 g/mol. The third-order valence-electron chi connectivity index (χ3n) is 0.976. The van der Waals surface area contributed by atoms with Gasteiger partial charge in [-0.15, -0.1) is 5.10 Å². The van der Waals surface area contributed by atoms with Crippen molar-refractivity contribution in [3.8, 4) is 0 Å². The summed E-state index contributed by atoms with van der Waals surface area (Å²) in [5.74, 6) is 0.625. The van der Waals surface area contributed by atoms with E-state index in [0.717, 1.165) is 6.54 Å². The van der Waals surface area contributed by atoms with Crippen LogP contribution in [-0.4, -0.2) is 15.0 Å². The van der Waals surface area contributed by atoms with Crippen LogP contribution in [0.25, 0.3) is 0 Å². The van der Waals surface area contributed by atoms with E-state index in [0.29, 0.717) is 5.92 Å². The lowest BCUT2D eigenvalue weighted by Crippen LogP contribution is -2.04. The largest absolute Gasteiger partial charge is 0.252 e. The second-order valence-corrected chi connectivity index (χ2v) is 2.46. The van der Waals surface area contributed by atoms with Crippen molar-refractivity contribution in [3.63, 3.8) is 0 Å². The van der Waals surface area contributed by atoms with E-state index in [1.165, 1.54) is 0 Å². The van der Waals surface area contributed by atoms with Crippen LogP contribution in [0.5, 0.6) is 0 Å². The van der Waals surface area contributed by atoms with Gasteiger partial charge in [0.25, 0.3) is 0 Å². The van der Waals surface area contributed by atoms with Gasteiger partial charge in [0.1, 0.15) is 6.20 Å². The van der Waals surface area contributed by atoms with Crippen LogP contribution in [0, 0.1) is 12.1 Å². The number of nitrogens with zero attached hydrogens (tertiary/aromatic N) is 3. The van der Waals surface area contributed by atoms with Gasteiger partial charge in [-0.2, -0.15) is 0 Å². The minimum Gasteiger partial charge on any atom is -0.252 e. The van der Waals surface area contributed by atoms with Crippen molar-refractivity contribution < 1.29 is 0 Å². The van der Waals surface area contributed by atoms with Crippen LogP contribution >= 0.6 is 0 Å². The molecular weight excluding hydrogens is 114 g/mol. The maximum absolute atomic E-state index is 3.77. The van der Waals surface area contributed by atoms with Crippen molar-refractivity contribution in [1.82, 2.24) is 15.0 Å². The van der Waals surface area contributed by atoms with E-state index in [2.05, 4.69) is 30.4 Å². The molecule has 1 radical (unpaired) electrons. The number of aromatic nitrogens is 3. The van der Waals surface area contributed by atoms with E-state index < -0.39 is 0 Å². The number of hydrogen-bond donors (Lipinski definition) is 0. The lowest BCUT2D eigenvalue weighted by atomic mass is 10.2. The SMILES string of the molecule is CC(C)Cn1c[c]nn1. The second-order valence-electron chi connectivity index (χ2n) is 2.46. The molecule has 0 aliphatic heterocycles. The predicted octanol–water partition coefficient (Wildman–Crippen LogP) is 0.734. The third kappa shape index (κ3) is 1.83. The van der Waals surface area contributed by atoms with Crippen LogP contribution in [0.15, 0.2) is 6.20 Å². The maximum Gasteiger partial charge on any atom is 0.134 e.